The number of carbonyl (C=O) groups is 2. The molecule has 0 radical (unpaired) electrons. The molecule has 1 aliphatic rings. The molecule has 0 N–H and O–H groups in total. The van der Waals surface area contributed by atoms with Gasteiger partial charge in [-0.1, -0.05) is 6.07 Å². The van der Waals surface area contributed by atoms with Crippen LogP contribution in [0, 0.1) is 0 Å². The van der Waals surface area contributed by atoms with Crippen molar-refractivity contribution < 1.29 is 18.7 Å². The van der Waals surface area contributed by atoms with E-state index >= 15 is 0 Å². The van der Waals surface area contributed by atoms with Crippen LogP contribution in [-0.4, -0.2) is 43.7 Å². The molecule has 1 aromatic heterocycles. The molecule has 0 saturated heterocycles. The van der Waals surface area contributed by atoms with Crippen molar-refractivity contribution in [2.24, 2.45) is 0 Å². The van der Waals surface area contributed by atoms with Crippen LogP contribution in [0.15, 0.2) is 41.0 Å². The zero-order valence-electron chi connectivity index (χ0n) is 16.4. The normalized spacial score (nSPS) is 17.8. The van der Waals surface area contributed by atoms with Gasteiger partial charge < -0.3 is 14.1 Å². The number of carbonyl (C=O) groups excluding carboxylic acids is 2. The highest BCUT2D eigenvalue weighted by molar-refractivity contribution is 6.11. The van der Waals surface area contributed by atoms with Crippen molar-refractivity contribution in [3.05, 3.63) is 42.2 Å². The van der Waals surface area contributed by atoms with Crippen LogP contribution in [-0.2, 0) is 9.59 Å². The number of rotatable bonds is 6. The van der Waals surface area contributed by atoms with Gasteiger partial charge in [-0.15, -0.1) is 0 Å². The van der Waals surface area contributed by atoms with E-state index in [9.17, 15) is 9.59 Å². The molecule has 28 heavy (non-hydrogen) atoms. The molecule has 1 saturated carbocycles. The highest BCUT2D eigenvalue weighted by Crippen LogP contribution is 2.38. The summed E-state index contributed by atoms with van der Waals surface area (Å²) in [6.45, 7) is 1.66. The highest BCUT2D eigenvalue weighted by atomic mass is 16.5. The smallest absolute Gasteiger partial charge is 0.147 e. The van der Waals surface area contributed by atoms with E-state index in [1.807, 2.05) is 30.3 Å². The molecule has 0 spiro atoms. The first-order chi connectivity index (χ1) is 13.5. The predicted octanol–water partition coefficient (Wildman–Crippen LogP) is 4.32. The third-order valence-electron chi connectivity index (χ3n) is 5.42. The number of furan rings is 1. The Labute approximate surface area is 164 Å². The minimum Gasteiger partial charge on any atom is -0.494 e. The summed E-state index contributed by atoms with van der Waals surface area (Å²) in [4.78, 5) is 26.2. The topological polar surface area (TPSA) is 59.8 Å². The Balaban J connectivity index is 1.64. The zero-order valence-corrected chi connectivity index (χ0v) is 16.4. The number of benzene rings is 2. The van der Waals surface area contributed by atoms with Crippen LogP contribution in [0.3, 0.4) is 0 Å². The maximum Gasteiger partial charge on any atom is 0.147 e. The summed E-state index contributed by atoms with van der Waals surface area (Å²) in [6.07, 6.45) is 3.72. The fraction of sp³-hybridized carbons (Fsp3) is 0.391. The summed E-state index contributed by atoms with van der Waals surface area (Å²) in [5, 5.41) is 3.08. The van der Waals surface area contributed by atoms with E-state index in [0.29, 0.717) is 19.4 Å². The summed E-state index contributed by atoms with van der Waals surface area (Å²) in [7, 11) is 4.10. The van der Waals surface area contributed by atoms with Gasteiger partial charge >= 0.3 is 0 Å². The Morgan fingerprint density at radius 1 is 1.18 bits per heavy atom. The van der Waals surface area contributed by atoms with Gasteiger partial charge in [0.1, 0.15) is 22.9 Å². The van der Waals surface area contributed by atoms with Crippen LogP contribution in [0.2, 0.25) is 0 Å². The molecule has 4 rings (SSSR count). The van der Waals surface area contributed by atoms with Gasteiger partial charge in [-0.2, -0.15) is 0 Å². The number of hydrogen-bond donors (Lipinski definition) is 0. The van der Waals surface area contributed by atoms with Crippen LogP contribution in [0.5, 0.6) is 5.75 Å². The summed E-state index contributed by atoms with van der Waals surface area (Å²) in [6, 6.07) is 10.0. The first kappa shape index (κ1) is 18.7. The van der Waals surface area contributed by atoms with E-state index in [4.69, 9.17) is 9.15 Å². The average molecular weight is 379 g/mol. The standard InChI is InChI=1S/C23H25NO4/c1-24(2)10-3-11-27-17-6-8-18-15(12-17)4-9-22-23(18)20(14-28-22)19-7-5-16(25)13-21(19)26/h4,6,8-9,12,14,19H,3,5,7,10-11,13H2,1-2H3. The molecule has 1 atom stereocenters. The minimum atomic E-state index is -0.258. The van der Waals surface area contributed by atoms with E-state index in [-0.39, 0.29) is 23.9 Å². The van der Waals surface area contributed by atoms with Crippen molar-refractivity contribution >= 4 is 33.3 Å². The van der Waals surface area contributed by atoms with Crippen LogP contribution in [0.1, 0.15) is 37.2 Å². The Hall–Kier alpha value is -2.66. The summed E-state index contributed by atoms with van der Waals surface area (Å²) in [5.74, 6) is 0.619. The fourth-order valence-electron chi connectivity index (χ4n) is 3.99. The highest BCUT2D eigenvalue weighted by Gasteiger charge is 2.31. The van der Waals surface area contributed by atoms with Crippen LogP contribution < -0.4 is 4.74 Å². The number of Topliss-reactive ketones (excluding diaryl/α,β-unsaturated/α-hetero) is 2. The summed E-state index contributed by atoms with van der Waals surface area (Å²) < 4.78 is 11.6. The second-order valence-corrected chi connectivity index (χ2v) is 7.79. The molecule has 1 heterocycles. The quantitative estimate of drug-likeness (QED) is 0.471. The van der Waals surface area contributed by atoms with E-state index in [0.717, 1.165) is 46.0 Å². The molecule has 146 valence electrons. The average Bonchev–Trinajstić information content (AvgIpc) is 3.09. The SMILES string of the molecule is CN(C)CCCOc1ccc2c(ccc3occ(C4CCC(=O)CC4=O)c32)c1. The maximum atomic E-state index is 12.4. The Kier molecular flexibility index (Phi) is 5.18. The molecule has 1 fully saturated rings. The maximum absolute atomic E-state index is 12.4. The molecule has 3 aromatic rings. The molecule has 5 nitrogen and oxygen atoms in total. The Bertz CT molecular complexity index is 1030. The number of ether oxygens (including phenoxy) is 1. The molecule has 0 amide bonds. The van der Waals surface area contributed by atoms with Gasteiger partial charge in [-0.25, -0.2) is 0 Å². The van der Waals surface area contributed by atoms with E-state index in [1.165, 1.54) is 0 Å². The van der Waals surface area contributed by atoms with Crippen molar-refractivity contribution in [2.45, 2.75) is 31.6 Å². The van der Waals surface area contributed by atoms with Gasteiger partial charge in [0.25, 0.3) is 0 Å². The molecule has 5 heteroatoms. The summed E-state index contributed by atoms with van der Waals surface area (Å²) in [5.41, 5.74) is 1.67. The second-order valence-electron chi connectivity index (χ2n) is 7.79. The van der Waals surface area contributed by atoms with Crippen molar-refractivity contribution in [3.8, 4) is 5.75 Å². The van der Waals surface area contributed by atoms with Crippen LogP contribution in [0.4, 0.5) is 0 Å². The summed E-state index contributed by atoms with van der Waals surface area (Å²) >= 11 is 0. The molecular weight excluding hydrogens is 354 g/mol. The zero-order chi connectivity index (χ0) is 19.7. The van der Waals surface area contributed by atoms with Gasteiger partial charge in [0.2, 0.25) is 0 Å². The number of hydrogen-bond acceptors (Lipinski definition) is 5. The third-order valence-corrected chi connectivity index (χ3v) is 5.42. The van der Waals surface area contributed by atoms with Crippen molar-refractivity contribution in [3.63, 3.8) is 0 Å². The fourth-order valence-corrected chi connectivity index (χ4v) is 3.99. The lowest BCUT2D eigenvalue weighted by molar-refractivity contribution is -0.130. The van der Waals surface area contributed by atoms with E-state index in [2.05, 4.69) is 19.0 Å². The van der Waals surface area contributed by atoms with Gasteiger partial charge in [0, 0.05) is 29.8 Å². The van der Waals surface area contributed by atoms with Gasteiger partial charge in [0.05, 0.1) is 19.3 Å². The molecule has 0 bridgehead atoms. The Morgan fingerprint density at radius 2 is 2.04 bits per heavy atom. The van der Waals surface area contributed by atoms with E-state index in [1.54, 1.807) is 6.26 Å². The van der Waals surface area contributed by atoms with Gasteiger partial charge in [-0.3, -0.25) is 9.59 Å². The lowest BCUT2D eigenvalue weighted by atomic mass is 9.81. The molecule has 1 unspecified atom stereocenters. The predicted molar refractivity (Wildman–Crippen MR) is 109 cm³/mol. The van der Waals surface area contributed by atoms with E-state index < -0.39 is 0 Å². The lowest BCUT2D eigenvalue weighted by Gasteiger charge is -2.19. The monoisotopic (exact) mass is 379 g/mol. The van der Waals surface area contributed by atoms with Gasteiger partial charge in [-0.05, 0) is 62.0 Å². The third kappa shape index (κ3) is 3.67. The largest absolute Gasteiger partial charge is 0.494 e. The molecular formula is C23H25NO4. The Morgan fingerprint density at radius 3 is 2.82 bits per heavy atom. The first-order valence-electron chi connectivity index (χ1n) is 9.79. The van der Waals surface area contributed by atoms with Crippen molar-refractivity contribution in [1.29, 1.82) is 0 Å². The van der Waals surface area contributed by atoms with Crippen LogP contribution >= 0.6 is 0 Å². The molecule has 0 aliphatic heterocycles. The first-order valence-corrected chi connectivity index (χ1v) is 9.79. The second kappa shape index (κ2) is 7.76. The van der Waals surface area contributed by atoms with Crippen molar-refractivity contribution in [1.82, 2.24) is 4.90 Å². The molecule has 1 aliphatic carbocycles. The number of fused-ring (bicyclic) bond motifs is 3. The molecule has 2 aromatic carbocycles. The lowest BCUT2D eigenvalue weighted by Crippen LogP contribution is -2.22. The number of ketones is 2. The van der Waals surface area contributed by atoms with Gasteiger partial charge in [0.15, 0.2) is 0 Å². The minimum absolute atomic E-state index is 0.00296. The van der Waals surface area contributed by atoms with Crippen LogP contribution in [0.25, 0.3) is 21.7 Å². The number of nitrogens with zero attached hydrogens (tertiary/aromatic N) is 1. The van der Waals surface area contributed by atoms with Crippen molar-refractivity contribution in [2.75, 3.05) is 27.2 Å².